The maximum absolute atomic E-state index is 12.5. The number of hydrogen-bond acceptors (Lipinski definition) is 5. The second-order valence-electron chi connectivity index (χ2n) is 6.20. The molecule has 3 aromatic rings. The smallest absolute Gasteiger partial charge is 0.260 e. The highest BCUT2D eigenvalue weighted by Crippen LogP contribution is 2.31. The van der Waals surface area contributed by atoms with Gasteiger partial charge in [-0.05, 0) is 50.0 Å². The monoisotopic (exact) mass is 387 g/mol. The predicted molar refractivity (Wildman–Crippen MR) is 103 cm³/mol. The van der Waals surface area contributed by atoms with Gasteiger partial charge in [0.15, 0.2) is 5.13 Å². The van der Waals surface area contributed by atoms with Crippen LogP contribution in [0.4, 0.5) is 5.13 Å². The highest BCUT2D eigenvalue weighted by atomic mass is 35.5. The second-order valence-corrected chi connectivity index (χ2v) is 7.70. The first-order valence-electron chi connectivity index (χ1n) is 8.47. The molecule has 134 valence electrons. The molecule has 3 heterocycles. The molecule has 2 aromatic heterocycles. The summed E-state index contributed by atoms with van der Waals surface area (Å²) < 4.78 is 1.63. The number of carbonyl (C=O) groups excluding carboxylic acids is 1. The van der Waals surface area contributed by atoms with Gasteiger partial charge in [0.25, 0.3) is 5.91 Å². The molecule has 0 aliphatic carbocycles. The van der Waals surface area contributed by atoms with Gasteiger partial charge >= 0.3 is 0 Å². The van der Waals surface area contributed by atoms with Crippen molar-refractivity contribution in [2.75, 3.05) is 18.4 Å². The van der Waals surface area contributed by atoms with Crippen molar-refractivity contribution < 1.29 is 4.79 Å². The van der Waals surface area contributed by atoms with Crippen LogP contribution in [-0.4, -0.2) is 33.8 Å². The van der Waals surface area contributed by atoms with E-state index < -0.39 is 0 Å². The van der Waals surface area contributed by atoms with E-state index in [2.05, 4.69) is 20.7 Å². The van der Waals surface area contributed by atoms with Crippen molar-refractivity contribution in [2.45, 2.75) is 18.8 Å². The summed E-state index contributed by atoms with van der Waals surface area (Å²) in [6, 6.07) is 7.32. The predicted octanol–water partition coefficient (Wildman–Crippen LogP) is 3.70. The molecule has 0 unspecified atom stereocenters. The number of nitrogens with zero attached hydrogens (tertiary/aromatic N) is 3. The molecule has 0 bridgehead atoms. The lowest BCUT2D eigenvalue weighted by atomic mass is 9.97. The minimum Gasteiger partial charge on any atom is -0.317 e. The number of thiazole rings is 1. The highest BCUT2D eigenvalue weighted by Gasteiger charge is 2.19. The van der Waals surface area contributed by atoms with E-state index in [1.165, 1.54) is 11.1 Å². The highest BCUT2D eigenvalue weighted by molar-refractivity contribution is 7.15. The van der Waals surface area contributed by atoms with Crippen molar-refractivity contribution in [1.29, 1.82) is 0 Å². The summed E-state index contributed by atoms with van der Waals surface area (Å²) in [5.41, 5.74) is 1.28. The van der Waals surface area contributed by atoms with Crippen molar-refractivity contribution in [3.8, 4) is 5.69 Å². The van der Waals surface area contributed by atoms with E-state index in [9.17, 15) is 4.79 Å². The molecule has 1 fully saturated rings. The zero-order valence-electron chi connectivity index (χ0n) is 14.0. The molecule has 1 saturated heterocycles. The Kier molecular flexibility index (Phi) is 5.01. The number of rotatable bonds is 4. The Morgan fingerprint density at radius 3 is 2.96 bits per heavy atom. The van der Waals surface area contributed by atoms with Crippen LogP contribution < -0.4 is 10.6 Å². The molecule has 0 saturated carbocycles. The zero-order valence-corrected chi connectivity index (χ0v) is 15.6. The Labute approximate surface area is 160 Å². The lowest BCUT2D eigenvalue weighted by Crippen LogP contribution is -2.26. The van der Waals surface area contributed by atoms with Crippen molar-refractivity contribution in [2.24, 2.45) is 0 Å². The third kappa shape index (κ3) is 3.80. The van der Waals surface area contributed by atoms with Crippen LogP contribution in [0.2, 0.25) is 5.02 Å². The molecule has 6 nitrogen and oxygen atoms in total. The SMILES string of the molecule is O=C(Nc1ncc(C2CCNCC2)s1)c1cnn(-c2cccc(Cl)c2)c1. The van der Waals surface area contributed by atoms with Crippen LogP contribution >= 0.6 is 22.9 Å². The number of carbonyl (C=O) groups is 1. The van der Waals surface area contributed by atoms with E-state index in [4.69, 9.17) is 11.6 Å². The fourth-order valence-corrected chi connectivity index (χ4v) is 4.17. The quantitative estimate of drug-likeness (QED) is 0.716. The normalized spacial score (nSPS) is 15.1. The van der Waals surface area contributed by atoms with Gasteiger partial charge in [-0.25, -0.2) is 9.67 Å². The third-order valence-electron chi connectivity index (χ3n) is 4.40. The molecular formula is C18H18ClN5OS. The molecule has 0 atom stereocenters. The topological polar surface area (TPSA) is 71.8 Å². The summed E-state index contributed by atoms with van der Waals surface area (Å²) in [4.78, 5) is 18.1. The molecule has 4 rings (SSSR count). The number of aromatic nitrogens is 3. The van der Waals surface area contributed by atoms with Crippen LogP contribution in [0.25, 0.3) is 5.69 Å². The molecule has 0 radical (unpaired) electrons. The lowest BCUT2D eigenvalue weighted by molar-refractivity contribution is 0.102. The Balaban J connectivity index is 1.45. The van der Waals surface area contributed by atoms with Crippen LogP contribution in [0.15, 0.2) is 42.9 Å². The van der Waals surface area contributed by atoms with Crippen molar-refractivity contribution >= 4 is 34.0 Å². The van der Waals surface area contributed by atoms with E-state index >= 15 is 0 Å². The minimum atomic E-state index is -0.218. The van der Waals surface area contributed by atoms with Gasteiger partial charge in [0, 0.05) is 22.3 Å². The van der Waals surface area contributed by atoms with Crippen LogP contribution in [-0.2, 0) is 0 Å². The van der Waals surface area contributed by atoms with Crippen LogP contribution in [0.3, 0.4) is 0 Å². The van der Waals surface area contributed by atoms with E-state index in [1.807, 2.05) is 18.3 Å². The zero-order chi connectivity index (χ0) is 17.9. The second kappa shape index (κ2) is 7.57. The maximum Gasteiger partial charge on any atom is 0.260 e. The fraction of sp³-hybridized carbons (Fsp3) is 0.278. The fourth-order valence-electron chi connectivity index (χ4n) is 3.01. The molecule has 2 N–H and O–H groups in total. The van der Waals surface area contributed by atoms with Gasteiger partial charge in [-0.2, -0.15) is 5.10 Å². The number of benzene rings is 1. The first-order chi connectivity index (χ1) is 12.7. The number of nitrogens with one attached hydrogen (secondary N) is 2. The average Bonchev–Trinajstić information content (AvgIpc) is 3.32. The van der Waals surface area contributed by atoms with Crippen molar-refractivity contribution in [1.82, 2.24) is 20.1 Å². The van der Waals surface area contributed by atoms with Gasteiger partial charge in [-0.3, -0.25) is 10.1 Å². The summed E-state index contributed by atoms with van der Waals surface area (Å²) in [6.07, 6.45) is 7.33. The van der Waals surface area contributed by atoms with Crippen molar-refractivity contribution in [3.05, 3.63) is 58.3 Å². The van der Waals surface area contributed by atoms with Gasteiger partial charge in [0.1, 0.15) is 0 Å². The Bertz CT molecular complexity index is 916. The Hall–Kier alpha value is -2.22. The molecule has 0 spiro atoms. The lowest BCUT2D eigenvalue weighted by Gasteiger charge is -2.20. The maximum atomic E-state index is 12.5. The number of amides is 1. The van der Waals surface area contributed by atoms with Crippen molar-refractivity contribution in [3.63, 3.8) is 0 Å². The molecule has 1 aromatic carbocycles. The van der Waals surface area contributed by atoms with Gasteiger partial charge in [0.05, 0.1) is 17.4 Å². The molecule has 26 heavy (non-hydrogen) atoms. The molecule has 1 aliphatic rings. The van der Waals surface area contributed by atoms with Gasteiger partial charge in [-0.15, -0.1) is 11.3 Å². The van der Waals surface area contributed by atoms with Gasteiger partial charge in [0.2, 0.25) is 0 Å². The summed E-state index contributed by atoms with van der Waals surface area (Å²) in [7, 11) is 0. The van der Waals surface area contributed by atoms with E-state index in [0.29, 0.717) is 21.6 Å². The summed E-state index contributed by atoms with van der Waals surface area (Å²) in [5.74, 6) is 0.314. The van der Waals surface area contributed by atoms with Gasteiger partial charge < -0.3 is 5.32 Å². The first kappa shape index (κ1) is 17.2. The molecule has 1 aliphatic heterocycles. The number of anilines is 1. The van der Waals surface area contributed by atoms with Crippen LogP contribution in [0.1, 0.15) is 34.0 Å². The summed E-state index contributed by atoms with van der Waals surface area (Å²) in [6.45, 7) is 2.07. The van der Waals surface area contributed by atoms with E-state index in [1.54, 1.807) is 34.3 Å². The minimum absolute atomic E-state index is 0.218. The van der Waals surface area contributed by atoms with E-state index in [-0.39, 0.29) is 5.91 Å². The standard InChI is InChI=1S/C18H18ClN5OS/c19-14-2-1-3-15(8-14)24-11-13(9-22-24)17(25)23-18-21-10-16(26-18)12-4-6-20-7-5-12/h1-3,8-12,20H,4-7H2,(H,21,23,25). The average molecular weight is 388 g/mol. The van der Waals surface area contributed by atoms with Crippen LogP contribution in [0.5, 0.6) is 0 Å². The molecular weight excluding hydrogens is 370 g/mol. The summed E-state index contributed by atoms with van der Waals surface area (Å²) >= 11 is 7.56. The molecule has 1 amide bonds. The Morgan fingerprint density at radius 1 is 1.31 bits per heavy atom. The first-order valence-corrected chi connectivity index (χ1v) is 9.67. The largest absolute Gasteiger partial charge is 0.317 e. The van der Waals surface area contributed by atoms with Gasteiger partial charge in [-0.1, -0.05) is 17.7 Å². The number of hydrogen-bond donors (Lipinski definition) is 2. The third-order valence-corrected chi connectivity index (χ3v) is 5.71. The number of halogens is 1. The Morgan fingerprint density at radius 2 is 2.15 bits per heavy atom. The van der Waals surface area contributed by atoms with Crippen LogP contribution in [0, 0.1) is 0 Å². The molecule has 8 heteroatoms. The number of piperidine rings is 1. The summed E-state index contributed by atoms with van der Waals surface area (Å²) in [5, 5.41) is 11.7. The van der Waals surface area contributed by atoms with E-state index in [0.717, 1.165) is 31.6 Å².